The van der Waals surface area contributed by atoms with Crippen LogP contribution in [0.2, 0.25) is 0 Å². The molecule has 5 heteroatoms. The van der Waals surface area contributed by atoms with Crippen molar-refractivity contribution >= 4 is 27.7 Å². The average Bonchev–Trinajstić information content (AvgIpc) is 2.30. The number of anilines is 1. The van der Waals surface area contributed by atoms with Crippen LogP contribution in [0.3, 0.4) is 0 Å². The summed E-state index contributed by atoms with van der Waals surface area (Å²) in [6, 6.07) is 0. The van der Waals surface area contributed by atoms with Crippen LogP contribution in [0.15, 0.2) is 16.9 Å². The molecule has 1 aromatic rings. The number of aromatic nitrogens is 2. The molecular formula is C11H14BrN3O. The van der Waals surface area contributed by atoms with Gasteiger partial charge in [-0.25, -0.2) is 9.97 Å². The van der Waals surface area contributed by atoms with Gasteiger partial charge in [0.25, 0.3) is 0 Å². The van der Waals surface area contributed by atoms with E-state index in [1.165, 1.54) is 0 Å². The summed E-state index contributed by atoms with van der Waals surface area (Å²) >= 11 is 3.31. The molecule has 1 aliphatic rings. The Morgan fingerprint density at radius 2 is 2.19 bits per heavy atom. The molecule has 16 heavy (non-hydrogen) atoms. The maximum Gasteiger partial charge on any atom is 0.225 e. The van der Waals surface area contributed by atoms with Gasteiger partial charge in [0.1, 0.15) is 5.78 Å². The second-order valence-electron chi connectivity index (χ2n) is 4.10. The van der Waals surface area contributed by atoms with Crippen LogP contribution in [0, 0.1) is 5.92 Å². The maximum absolute atomic E-state index is 11.4. The van der Waals surface area contributed by atoms with E-state index in [-0.39, 0.29) is 11.7 Å². The molecular weight excluding hydrogens is 270 g/mol. The SMILES string of the molecule is CC(=O)C1CCCN(c2ncc(Br)cn2)C1. The molecule has 0 spiro atoms. The van der Waals surface area contributed by atoms with E-state index < -0.39 is 0 Å². The van der Waals surface area contributed by atoms with Gasteiger partial charge >= 0.3 is 0 Å². The maximum atomic E-state index is 11.4. The molecule has 2 heterocycles. The van der Waals surface area contributed by atoms with Crippen molar-refractivity contribution in [1.82, 2.24) is 9.97 Å². The summed E-state index contributed by atoms with van der Waals surface area (Å²) in [5.41, 5.74) is 0. The quantitative estimate of drug-likeness (QED) is 0.833. The summed E-state index contributed by atoms with van der Waals surface area (Å²) in [5, 5.41) is 0. The number of carbonyl (C=O) groups excluding carboxylic acids is 1. The van der Waals surface area contributed by atoms with E-state index in [0.717, 1.165) is 30.4 Å². The summed E-state index contributed by atoms with van der Waals surface area (Å²) in [7, 11) is 0. The Morgan fingerprint density at radius 1 is 1.50 bits per heavy atom. The number of ketones is 1. The molecule has 1 unspecified atom stereocenters. The van der Waals surface area contributed by atoms with E-state index in [2.05, 4.69) is 30.8 Å². The molecule has 0 aromatic carbocycles. The molecule has 4 nitrogen and oxygen atoms in total. The zero-order valence-electron chi connectivity index (χ0n) is 9.19. The third kappa shape index (κ3) is 2.58. The first-order chi connectivity index (χ1) is 7.66. The monoisotopic (exact) mass is 283 g/mol. The Hall–Kier alpha value is -0.970. The van der Waals surface area contributed by atoms with Gasteiger partial charge in [0, 0.05) is 31.4 Å². The largest absolute Gasteiger partial charge is 0.340 e. The molecule has 0 bridgehead atoms. The number of hydrogen-bond donors (Lipinski definition) is 0. The molecule has 0 N–H and O–H groups in total. The van der Waals surface area contributed by atoms with Gasteiger partial charge in [-0.15, -0.1) is 0 Å². The number of rotatable bonds is 2. The predicted molar refractivity (Wildman–Crippen MR) is 65.4 cm³/mol. The molecule has 2 rings (SSSR count). The lowest BCUT2D eigenvalue weighted by atomic mass is 9.95. The minimum Gasteiger partial charge on any atom is -0.340 e. The Morgan fingerprint density at radius 3 is 2.81 bits per heavy atom. The molecule has 0 radical (unpaired) electrons. The summed E-state index contributed by atoms with van der Waals surface area (Å²) in [6.45, 7) is 3.35. The number of hydrogen-bond acceptors (Lipinski definition) is 4. The van der Waals surface area contributed by atoms with Crippen molar-refractivity contribution < 1.29 is 4.79 Å². The molecule has 0 saturated carbocycles. The van der Waals surface area contributed by atoms with Gasteiger partial charge in [0.15, 0.2) is 0 Å². The molecule has 1 atom stereocenters. The third-order valence-electron chi connectivity index (χ3n) is 2.89. The zero-order chi connectivity index (χ0) is 11.5. The van der Waals surface area contributed by atoms with Crippen LogP contribution in [0.4, 0.5) is 5.95 Å². The number of carbonyl (C=O) groups is 1. The molecule has 0 aliphatic carbocycles. The predicted octanol–water partition coefficient (Wildman–Crippen LogP) is 2.04. The van der Waals surface area contributed by atoms with Gasteiger partial charge in [0.05, 0.1) is 4.47 Å². The van der Waals surface area contributed by atoms with E-state index in [1.807, 2.05) is 0 Å². The van der Waals surface area contributed by atoms with Gasteiger partial charge < -0.3 is 4.90 Å². The third-order valence-corrected chi connectivity index (χ3v) is 3.30. The highest BCUT2D eigenvalue weighted by Crippen LogP contribution is 2.21. The lowest BCUT2D eigenvalue weighted by molar-refractivity contribution is -0.120. The normalized spacial score (nSPS) is 20.9. The fourth-order valence-corrected chi connectivity index (χ4v) is 2.16. The first kappa shape index (κ1) is 11.5. The van der Waals surface area contributed by atoms with Crippen molar-refractivity contribution in [1.29, 1.82) is 0 Å². The van der Waals surface area contributed by atoms with Crippen LogP contribution >= 0.6 is 15.9 Å². The van der Waals surface area contributed by atoms with Gasteiger partial charge in [-0.3, -0.25) is 4.79 Å². The van der Waals surface area contributed by atoms with E-state index in [1.54, 1.807) is 19.3 Å². The molecule has 1 saturated heterocycles. The van der Waals surface area contributed by atoms with Crippen molar-refractivity contribution in [2.24, 2.45) is 5.92 Å². The van der Waals surface area contributed by atoms with Gasteiger partial charge in [-0.05, 0) is 35.7 Å². The lowest BCUT2D eigenvalue weighted by Crippen LogP contribution is -2.39. The standard InChI is InChI=1S/C11H14BrN3O/c1-8(16)9-3-2-4-15(7-9)11-13-5-10(12)6-14-11/h5-6,9H,2-4,7H2,1H3. The number of nitrogens with zero attached hydrogens (tertiary/aromatic N) is 3. The van der Waals surface area contributed by atoms with E-state index in [9.17, 15) is 4.79 Å². The van der Waals surface area contributed by atoms with Crippen LogP contribution in [0.5, 0.6) is 0 Å². The van der Waals surface area contributed by atoms with Gasteiger partial charge in [0.2, 0.25) is 5.95 Å². The van der Waals surface area contributed by atoms with E-state index in [4.69, 9.17) is 0 Å². The Balaban J connectivity index is 2.09. The van der Waals surface area contributed by atoms with Crippen LogP contribution in [-0.4, -0.2) is 28.8 Å². The van der Waals surface area contributed by atoms with Crippen LogP contribution in [-0.2, 0) is 4.79 Å². The van der Waals surface area contributed by atoms with Crippen LogP contribution in [0.1, 0.15) is 19.8 Å². The van der Waals surface area contributed by atoms with Crippen molar-refractivity contribution in [2.45, 2.75) is 19.8 Å². The number of Topliss-reactive ketones (excluding diaryl/α,β-unsaturated/α-hetero) is 1. The molecule has 1 aliphatic heterocycles. The summed E-state index contributed by atoms with van der Waals surface area (Å²) < 4.78 is 0.872. The molecule has 86 valence electrons. The van der Waals surface area contributed by atoms with Crippen LogP contribution in [0.25, 0.3) is 0 Å². The molecule has 0 amide bonds. The van der Waals surface area contributed by atoms with Crippen LogP contribution < -0.4 is 4.90 Å². The smallest absolute Gasteiger partial charge is 0.225 e. The minimum absolute atomic E-state index is 0.140. The molecule has 1 fully saturated rings. The van der Waals surface area contributed by atoms with Crippen molar-refractivity contribution in [3.05, 3.63) is 16.9 Å². The number of piperidine rings is 1. The highest BCUT2D eigenvalue weighted by Gasteiger charge is 2.24. The minimum atomic E-state index is 0.140. The fourth-order valence-electron chi connectivity index (χ4n) is 1.96. The molecule has 1 aromatic heterocycles. The van der Waals surface area contributed by atoms with Gasteiger partial charge in [-0.1, -0.05) is 0 Å². The Bertz CT molecular complexity index is 379. The van der Waals surface area contributed by atoms with Gasteiger partial charge in [-0.2, -0.15) is 0 Å². The lowest BCUT2D eigenvalue weighted by Gasteiger charge is -2.31. The highest BCUT2D eigenvalue weighted by atomic mass is 79.9. The second-order valence-corrected chi connectivity index (χ2v) is 5.01. The summed E-state index contributed by atoms with van der Waals surface area (Å²) in [5.74, 6) is 1.12. The summed E-state index contributed by atoms with van der Waals surface area (Å²) in [6.07, 6.45) is 5.49. The highest BCUT2D eigenvalue weighted by molar-refractivity contribution is 9.10. The topological polar surface area (TPSA) is 46.1 Å². The Kier molecular flexibility index (Phi) is 3.53. The van der Waals surface area contributed by atoms with Crippen molar-refractivity contribution in [2.75, 3.05) is 18.0 Å². The number of halogens is 1. The average molecular weight is 284 g/mol. The fraction of sp³-hybridized carbons (Fsp3) is 0.545. The van der Waals surface area contributed by atoms with Crippen molar-refractivity contribution in [3.63, 3.8) is 0 Å². The first-order valence-electron chi connectivity index (χ1n) is 5.40. The second kappa shape index (κ2) is 4.91. The zero-order valence-corrected chi connectivity index (χ0v) is 10.8. The van der Waals surface area contributed by atoms with E-state index >= 15 is 0 Å². The van der Waals surface area contributed by atoms with Crippen molar-refractivity contribution in [3.8, 4) is 0 Å². The van der Waals surface area contributed by atoms with E-state index in [0.29, 0.717) is 5.95 Å². The Labute approximate surface area is 103 Å². The summed E-state index contributed by atoms with van der Waals surface area (Å²) in [4.78, 5) is 21.9. The first-order valence-corrected chi connectivity index (χ1v) is 6.19.